The minimum absolute atomic E-state index is 0.00507. The van der Waals surface area contributed by atoms with E-state index in [0.29, 0.717) is 37.1 Å². The Morgan fingerprint density at radius 2 is 1.61 bits per heavy atom. The minimum Gasteiger partial charge on any atom is -0.497 e. The highest BCUT2D eigenvalue weighted by molar-refractivity contribution is 6.01. The smallest absolute Gasteiger partial charge is 0.309 e. The van der Waals surface area contributed by atoms with Crippen molar-refractivity contribution in [3.05, 3.63) is 57.5 Å². The van der Waals surface area contributed by atoms with E-state index in [0.717, 1.165) is 68.3 Å². The summed E-state index contributed by atoms with van der Waals surface area (Å²) in [7, 11) is 1.63. The van der Waals surface area contributed by atoms with Gasteiger partial charge in [0.25, 0.3) is 5.56 Å². The molecule has 10 nitrogen and oxygen atoms in total. The van der Waals surface area contributed by atoms with Gasteiger partial charge in [0.05, 0.1) is 36.9 Å². The molecule has 0 spiro atoms. The molecule has 0 saturated heterocycles. The third kappa shape index (κ3) is 6.03. The third-order valence-corrected chi connectivity index (χ3v) is 16.9. The molecule has 1 aromatic carbocycles. The molecule has 2 aromatic rings. The van der Waals surface area contributed by atoms with Gasteiger partial charge in [-0.2, -0.15) is 0 Å². The van der Waals surface area contributed by atoms with Crippen LogP contribution < -0.4 is 16.0 Å². The van der Waals surface area contributed by atoms with Crippen molar-refractivity contribution >= 4 is 17.7 Å². The molecule has 1 heterocycles. The summed E-state index contributed by atoms with van der Waals surface area (Å²) in [6, 6.07) is 9.34. The van der Waals surface area contributed by atoms with Gasteiger partial charge in [-0.15, -0.1) is 0 Å². The number of carboxylic acids is 1. The molecule has 0 aliphatic heterocycles. The lowest BCUT2D eigenvalue weighted by atomic mass is 9.33. The number of rotatable bonds is 10. The quantitative estimate of drug-likeness (QED) is 0.230. The lowest BCUT2D eigenvalue weighted by Crippen LogP contribution is -2.66. The van der Waals surface area contributed by atoms with E-state index >= 15 is 0 Å². The van der Waals surface area contributed by atoms with Gasteiger partial charge in [0.15, 0.2) is 5.78 Å². The molecule has 4 fully saturated rings. The number of methoxy groups -OCH3 is 1. The minimum atomic E-state index is -1.18. The Morgan fingerprint density at radius 3 is 2.23 bits per heavy atom. The number of ketones is 1. The fraction of sp³-hybridized carbons (Fsp3) is 0.702. The number of carboxylic acid groups (broad SMARTS) is 1. The highest BCUT2D eigenvalue weighted by Crippen LogP contribution is 2.77. The molecule has 0 unspecified atom stereocenters. The van der Waals surface area contributed by atoms with E-state index in [-0.39, 0.29) is 57.4 Å². The molecule has 5 aliphatic carbocycles. The summed E-state index contributed by atoms with van der Waals surface area (Å²) in [5.74, 6) is 0.557. The molecular weight excluding hydrogens is 719 g/mol. The van der Waals surface area contributed by atoms with Crippen molar-refractivity contribution in [1.29, 1.82) is 0 Å². The van der Waals surface area contributed by atoms with Gasteiger partial charge in [-0.05, 0) is 141 Å². The van der Waals surface area contributed by atoms with Gasteiger partial charge < -0.3 is 20.3 Å². The van der Waals surface area contributed by atoms with Crippen LogP contribution in [0.5, 0.6) is 5.75 Å². The van der Waals surface area contributed by atoms with Crippen LogP contribution in [0.4, 0.5) is 0 Å². The maximum Gasteiger partial charge on any atom is 0.309 e. The molecule has 8 atom stereocenters. The standard InChI is InChI=1S/C47H67N3O7/c1-28(2)39-32(51)26-47(35-25-37(52)50(49(35)24-23-48)29-11-13-30(56-10)14-12-29)22-21-45(8)31(40(39)47)15-16-34-44(7)19-18-36(57-38(53)27-42(3,4)41(54)55)43(5,6)33(44)17-20-46(34,45)9/h11-14,25,28,31,33-34,36H,15-24,26-27,48H2,1-10H3,(H,54,55)/t31-,33+,34-,36+,44+,45-,46-,47+/m1/s1. The molecule has 1 aromatic heterocycles. The average molecular weight is 786 g/mol. The number of benzene rings is 1. The second-order valence-electron chi connectivity index (χ2n) is 20.8. The lowest BCUT2D eigenvalue weighted by Gasteiger charge is -2.72. The number of carbonyl (C=O) groups is 3. The Bertz CT molecular complexity index is 2040. The van der Waals surface area contributed by atoms with E-state index in [1.165, 1.54) is 5.57 Å². The Labute approximate surface area is 338 Å². The van der Waals surface area contributed by atoms with Gasteiger partial charge >= 0.3 is 11.9 Å². The molecule has 0 radical (unpaired) electrons. The van der Waals surface area contributed by atoms with Crippen molar-refractivity contribution in [3.8, 4) is 11.4 Å². The number of allylic oxidation sites excluding steroid dienone is 2. The van der Waals surface area contributed by atoms with Crippen LogP contribution in [0.1, 0.15) is 132 Å². The summed E-state index contributed by atoms with van der Waals surface area (Å²) < 4.78 is 15.4. The van der Waals surface area contributed by atoms with Crippen LogP contribution >= 0.6 is 0 Å². The van der Waals surface area contributed by atoms with Crippen molar-refractivity contribution in [2.75, 3.05) is 13.7 Å². The number of hydrogen-bond acceptors (Lipinski definition) is 7. The largest absolute Gasteiger partial charge is 0.497 e. The molecular formula is C47H67N3O7. The van der Waals surface area contributed by atoms with Gasteiger partial charge in [0.2, 0.25) is 0 Å². The summed E-state index contributed by atoms with van der Waals surface area (Å²) >= 11 is 0. The predicted octanol–water partition coefficient (Wildman–Crippen LogP) is 8.25. The van der Waals surface area contributed by atoms with Crippen molar-refractivity contribution in [2.24, 2.45) is 56.5 Å². The molecule has 7 rings (SSSR count). The van der Waals surface area contributed by atoms with Crippen molar-refractivity contribution < 1.29 is 29.0 Å². The first-order valence-corrected chi connectivity index (χ1v) is 21.5. The molecule has 10 heteroatoms. The van der Waals surface area contributed by atoms with Gasteiger partial charge in [-0.1, -0.05) is 48.5 Å². The fourth-order valence-corrected chi connectivity index (χ4v) is 14.0. The van der Waals surface area contributed by atoms with E-state index in [2.05, 4.69) is 53.1 Å². The van der Waals surface area contributed by atoms with Gasteiger partial charge in [0.1, 0.15) is 11.9 Å². The summed E-state index contributed by atoms with van der Waals surface area (Å²) in [6.45, 7) is 20.4. The van der Waals surface area contributed by atoms with Crippen molar-refractivity contribution in [3.63, 3.8) is 0 Å². The van der Waals surface area contributed by atoms with E-state index in [9.17, 15) is 24.3 Å². The summed E-state index contributed by atoms with van der Waals surface area (Å²) in [5.41, 5.74) is 8.04. The number of nitrogens with zero attached hydrogens (tertiary/aromatic N) is 2. The highest BCUT2D eigenvalue weighted by Gasteiger charge is 2.70. The zero-order valence-corrected chi connectivity index (χ0v) is 36.1. The number of Topliss-reactive ketones (excluding diaryl/α,β-unsaturated/α-hetero) is 1. The molecule has 0 amide bonds. The van der Waals surface area contributed by atoms with E-state index in [1.807, 2.05) is 24.3 Å². The Balaban J connectivity index is 1.26. The first-order valence-electron chi connectivity index (χ1n) is 21.5. The Hall–Kier alpha value is -3.66. The highest BCUT2D eigenvalue weighted by atomic mass is 16.5. The van der Waals surface area contributed by atoms with Gasteiger partial charge in [0, 0.05) is 29.9 Å². The van der Waals surface area contributed by atoms with Crippen LogP contribution in [0, 0.1) is 50.7 Å². The normalized spacial score (nSPS) is 34.6. The number of aliphatic carboxylic acids is 1. The molecule has 0 bridgehead atoms. The van der Waals surface area contributed by atoms with Crippen molar-refractivity contribution in [2.45, 2.75) is 145 Å². The predicted molar refractivity (Wildman–Crippen MR) is 220 cm³/mol. The van der Waals surface area contributed by atoms with Crippen LogP contribution in [0.3, 0.4) is 0 Å². The number of nitrogens with two attached hydrogens (primary N) is 1. The fourth-order valence-electron chi connectivity index (χ4n) is 14.0. The Morgan fingerprint density at radius 1 is 0.930 bits per heavy atom. The summed E-state index contributed by atoms with van der Waals surface area (Å²) in [4.78, 5) is 53.6. The number of ether oxygens (including phenoxy) is 2. The van der Waals surface area contributed by atoms with Crippen LogP contribution in [-0.4, -0.2) is 52.0 Å². The number of aromatic nitrogens is 2. The summed E-state index contributed by atoms with van der Waals surface area (Å²) in [6.07, 6.45) is 7.56. The number of fused-ring (bicyclic) bond motifs is 7. The topological polar surface area (TPSA) is 143 Å². The first-order chi connectivity index (χ1) is 26.6. The SMILES string of the molecule is COc1ccc(-n2c(=O)cc([C@@]34CC[C@]5(C)[C@H](CC[C@@H]6[C@@]7(C)CC[C@H](OC(=O)CC(C)(C)C(=O)O)C(C)(C)[C@@H]7CC[C@]65C)C3=C(C(C)C)C(=O)C4)n2CCN)cc1. The van der Waals surface area contributed by atoms with Crippen LogP contribution in [0.2, 0.25) is 0 Å². The second kappa shape index (κ2) is 14.0. The molecule has 5 aliphatic rings. The molecule has 4 saturated carbocycles. The van der Waals surface area contributed by atoms with E-state index in [1.54, 1.807) is 31.7 Å². The molecule has 57 heavy (non-hydrogen) atoms. The number of esters is 1. The molecule has 312 valence electrons. The van der Waals surface area contributed by atoms with Crippen LogP contribution in [0.15, 0.2) is 46.3 Å². The van der Waals surface area contributed by atoms with Crippen LogP contribution in [0.25, 0.3) is 5.69 Å². The Kier molecular flexibility index (Phi) is 10.2. The van der Waals surface area contributed by atoms with Gasteiger partial charge in [-0.3, -0.25) is 23.9 Å². The maximum absolute atomic E-state index is 14.5. The lowest BCUT2D eigenvalue weighted by molar-refractivity contribution is -0.232. The third-order valence-electron chi connectivity index (χ3n) is 16.9. The van der Waals surface area contributed by atoms with Gasteiger partial charge in [-0.25, -0.2) is 4.68 Å². The van der Waals surface area contributed by atoms with Crippen molar-refractivity contribution in [1.82, 2.24) is 9.36 Å². The second-order valence-corrected chi connectivity index (χ2v) is 20.8. The average Bonchev–Trinajstić information content (AvgIpc) is 3.63. The number of carbonyl (C=O) groups excluding carboxylic acids is 2. The van der Waals surface area contributed by atoms with E-state index < -0.39 is 22.8 Å². The summed E-state index contributed by atoms with van der Waals surface area (Å²) in [5, 5.41) is 9.66. The molecule has 3 N–H and O–H groups in total. The first kappa shape index (κ1) is 41.5. The number of hydrogen-bond donors (Lipinski definition) is 2. The van der Waals surface area contributed by atoms with Crippen LogP contribution in [-0.2, 0) is 31.1 Å². The zero-order valence-electron chi connectivity index (χ0n) is 36.1. The monoisotopic (exact) mass is 785 g/mol. The van der Waals surface area contributed by atoms with E-state index in [4.69, 9.17) is 15.2 Å². The maximum atomic E-state index is 14.5. The zero-order chi connectivity index (χ0) is 41.7.